The van der Waals surface area contributed by atoms with Crippen LogP contribution in [0.2, 0.25) is 0 Å². The molecule has 0 spiro atoms. The maximum absolute atomic E-state index is 12.1. The Bertz CT molecular complexity index is 690. The quantitative estimate of drug-likeness (QED) is 0.833. The molecule has 2 aromatic rings. The van der Waals surface area contributed by atoms with Gasteiger partial charge in [0.1, 0.15) is 0 Å². The van der Waals surface area contributed by atoms with Crippen LogP contribution in [0.4, 0.5) is 0 Å². The zero-order valence-corrected chi connectivity index (χ0v) is 14.1. The smallest absolute Gasteiger partial charge is 0.310 e. The SMILES string of the molecule is CCCOC(=O)Cc1c2n(c3ccccc13)C[C@H](NCC)CC2. The lowest BCUT2D eigenvalue weighted by Gasteiger charge is -2.26. The van der Waals surface area contributed by atoms with Crippen molar-refractivity contribution >= 4 is 16.9 Å². The van der Waals surface area contributed by atoms with E-state index >= 15 is 0 Å². The van der Waals surface area contributed by atoms with Crippen LogP contribution in [0.15, 0.2) is 24.3 Å². The molecule has 1 aliphatic heterocycles. The molecule has 1 atom stereocenters. The number of para-hydroxylation sites is 1. The summed E-state index contributed by atoms with van der Waals surface area (Å²) in [6.07, 6.45) is 3.39. The van der Waals surface area contributed by atoms with Crippen LogP contribution in [0.5, 0.6) is 0 Å². The average Bonchev–Trinajstić information content (AvgIpc) is 2.87. The van der Waals surface area contributed by atoms with Crippen molar-refractivity contribution in [1.29, 1.82) is 0 Å². The molecule has 1 aliphatic rings. The molecule has 2 heterocycles. The fourth-order valence-electron chi connectivity index (χ4n) is 3.61. The van der Waals surface area contributed by atoms with Gasteiger partial charge in [-0.25, -0.2) is 0 Å². The normalized spacial score (nSPS) is 17.2. The van der Waals surface area contributed by atoms with Crippen molar-refractivity contribution in [3.05, 3.63) is 35.5 Å². The maximum Gasteiger partial charge on any atom is 0.310 e. The predicted octanol–water partition coefficient (Wildman–Crippen LogP) is 3.06. The highest BCUT2D eigenvalue weighted by molar-refractivity contribution is 5.89. The van der Waals surface area contributed by atoms with E-state index in [2.05, 4.69) is 41.1 Å². The van der Waals surface area contributed by atoms with Crippen LogP contribution in [0.3, 0.4) is 0 Å². The molecule has 0 radical (unpaired) electrons. The van der Waals surface area contributed by atoms with E-state index in [1.54, 1.807) is 0 Å². The van der Waals surface area contributed by atoms with E-state index in [1.807, 2.05) is 6.92 Å². The number of aromatic nitrogens is 1. The average molecular weight is 314 g/mol. The third kappa shape index (κ3) is 3.27. The number of likely N-dealkylation sites (N-methyl/N-ethyl adjacent to an activating group) is 1. The molecule has 0 saturated carbocycles. The van der Waals surface area contributed by atoms with Gasteiger partial charge in [0.05, 0.1) is 13.0 Å². The van der Waals surface area contributed by atoms with Crippen molar-refractivity contribution in [2.45, 2.75) is 52.1 Å². The first-order valence-electron chi connectivity index (χ1n) is 8.72. The molecular weight excluding hydrogens is 288 g/mol. The van der Waals surface area contributed by atoms with Gasteiger partial charge in [0.2, 0.25) is 0 Å². The van der Waals surface area contributed by atoms with Gasteiger partial charge in [-0.15, -0.1) is 0 Å². The fraction of sp³-hybridized carbons (Fsp3) is 0.526. The Labute approximate surface area is 137 Å². The summed E-state index contributed by atoms with van der Waals surface area (Å²) in [4.78, 5) is 12.1. The standard InChI is InChI=1S/C19H26N2O2/c1-3-11-23-19(22)12-16-15-7-5-6-8-17(15)21-13-14(20-4-2)9-10-18(16)21/h5-8,14,20H,3-4,9-13H2,1-2H3/t14-/m1/s1. The summed E-state index contributed by atoms with van der Waals surface area (Å²) in [5.74, 6) is -0.111. The first-order chi connectivity index (χ1) is 11.2. The molecule has 0 unspecified atom stereocenters. The van der Waals surface area contributed by atoms with E-state index < -0.39 is 0 Å². The number of carbonyl (C=O) groups excluding carboxylic acids is 1. The zero-order chi connectivity index (χ0) is 16.2. The molecule has 1 aromatic heterocycles. The van der Waals surface area contributed by atoms with Crippen LogP contribution in [-0.4, -0.2) is 29.7 Å². The summed E-state index contributed by atoms with van der Waals surface area (Å²) >= 11 is 0. The van der Waals surface area contributed by atoms with Gasteiger partial charge in [0.25, 0.3) is 0 Å². The summed E-state index contributed by atoms with van der Waals surface area (Å²) in [6.45, 7) is 6.65. The number of esters is 1. The second kappa shape index (κ2) is 7.18. The first kappa shape index (κ1) is 16.1. The van der Waals surface area contributed by atoms with Crippen LogP contribution in [0.25, 0.3) is 10.9 Å². The van der Waals surface area contributed by atoms with Gasteiger partial charge in [-0.1, -0.05) is 32.0 Å². The van der Waals surface area contributed by atoms with Crippen molar-refractivity contribution < 1.29 is 9.53 Å². The molecule has 1 aromatic carbocycles. The van der Waals surface area contributed by atoms with E-state index in [0.717, 1.165) is 37.9 Å². The third-order valence-corrected chi connectivity index (χ3v) is 4.61. The van der Waals surface area contributed by atoms with Gasteiger partial charge in [0.15, 0.2) is 0 Å². The highest BCUT2D eigenvalue weighted by Crippen LogP contribution is 2.31. The molecule has 0 bridgehead atoms. The van der Waals surface area contributed by atoms with Gasteiger partial charge in [-0.2, -0.15) is 0 Å². The molecule has 23 heavy (non-hydrogen) atoms. The minimum atomic E-state index is -0.111. The molecule has 3 rings (SSSR count). The Balaban J connectivity index is 1.94. The van der Waals surface area contributed by atoms with Crippen molar-refractivity contribution in [3.8, 4) is 0 Å². The third-order valence-electron chi connectivity index (χ3n) is 4.61. The lowest BCUT2D eigenvalue weighted by Crippen LogP contribution is -2.37. The summed E-state index contributed by atoms with van der Waals surface area (Å²) in [5.41, 5.74) is 3.72. The minimum absolute atomic E-state index is 0.111. The molecule has 0 amide bonds. The highest BCUT2D eigenvalue weighted by atomic mass is 16.5. The monoisotopic (exact) mass is 314 g/mol. The van der Waals surface area contributed by atoms with E-state index in [1.165, 1.54) is 16.6 Å². The zero-order valence-electron chi connectivity index (χ0n) is 14.1. The number of fused-ring (bicyclic) bond motifs is 3. The number of nitrogens with zero attached hydrogens (tertiary/aromatic N) is 1. The number of carbonyl (C=O) groups is 1. The van der Waals surface area contributed by atoms with Crippen molar-refractivity contribution in [1.82, 2.24) is 9.88 Å². The van der Waals surface area contributed by atoms with Crippen molar-refractivity contribution in [2.24, 2.45) is 0 Å². The number of benzene rings is 1. The number of hydrogen-bond acceptors (Lipinski definition) is 3. The van der Waals surface area contributed by atoms with E-state index in [9.17, 15) is 4.79 Å². The Morgan fingerprint density at radius 1 is 1.35 bits per heavy atom. The van der Waals surface area contributed by atoms with Crippen LogP contribution < -0.4 is 5.32 Å². The topological polar surface area (TPSA) is 43.3 Å². The van der Waals surface area contributed by atoms with E-state index in [0.29, 0.717) is 19.1 Å². The molecule has 0 fully saturated rings. The van der Waals surface area contributed by atoms with Crippen LogP contribution in [-0.2, 0) is 28.9 Å². The number of rotatable bonds is 6. The summed E-state index contributed by atoms with van der Waals surface area (Å²) in [5, 5.41) is 4.76. The molecule has 0 aliphatic carbocycles. The number of nitrogens with one attached hydrogen (secondary N) is 1. The Kier molecular flexibility index (Phi) is 5.01. The van der Waals surface area contributed by atoms with Crippen molar-refractivity contribution in [2.75, 3.05) is 13.2 Å². The second-order valence-electron chi connectivity index (χ2n) is 6.24. The molecular formula is C19H26N2O2. The minimum Gasteiger partial charge on any atom is -0.465 e. The Hall–Kier alpha value is -1.81. The fourth-order valence-corrected chi connectivity index (χ4v) is 3.61. The lowest BCUT2D eigenvalue weighted by atomic mass is 10.0. The Morgan fingerprint density at radius 3 is 2.96 bits per heavy atom. The van der Waals surface area contributed by atoms with Crippen LogP contribution in [0, 0.1) is 0 Å². The van der Waals surface area contributed by atoms with E-state index in [4.69, 9.17) is 4.74 Å². The van der Waals surface area contributed by atoms with Gasteiger partial charge in [-0.3, -0.25) is 4.79 Å². The molecule has 124 valence electrons. The van der Waals surface area contributed by atoms with Gasteiger partial charge >= 0.3 is 5.97 Å². The second-order valence-corrected chi connectivity index (χ2v) is 6.24. The highest BCUT2D eigenvalue weighted by Gasteiger charge is 2.25. The van der Waals surface area contributed by atoms with Crippen LogP contribution in [0.1, 0.15) is 37.9 Å². The first-order valence-corrected chi connectivity index (χ1v) is 8.72. The van der Waals surface area contributed by atoms with Crippen LogP contribution >= 0.6 is 0 Å². The molecule has 0 saturated heterocycles. The number of hydrogen-bond donors (Lipinski definition) is 1. The van der Waals surface area contributed by atoms with Gasteiger partial charge in [-0.05, 0) is 37.4 Å². The summed E-state index contributed by atoms with van der Waals surface area (Å²) in [6, 6.07) is 8.94. The lowest BCUT2D eigenvalue weighted by molar-refractivity contribution is -0.142. The van der Waals surface area contributed by atoms with Gasteiger partial charge < -0.3 is 14.6 Å². The Morgan fingerprint density at radius 2 is 2.17 bits per heavy atom. The predicted molar refractivity (Wildman–Crippen MR) is 92.7 cm³/mol. The number of ether oxygens (including phenoxy) is 1. The maximum atomic E-state index is 12.1. The molecule has 4 heteroatoms. The van der Waals surface area contributed by atoms with E-state index in [-0.39, 0.29) is 5.97 Å². The van der Waals surface area contributed by atoms with Crippen molar-refractivity contribution in [3.63, 3.8) is 0 Å². The summed E-state index contributed by atoms with van der Waals surface area (Å²) in [7, 11) is 0. The molecule has 4 nitrogen and oxygen atoms in total. The largest absolute Gasteiger partial charge is 0.465 e. The summed E-state index contributed by atoms with van der Waals surface area (Å²) < 4.78 is 7.70. The van der Waals surface area contributed by atoms with Gasteiger partial charge in [0, 0.05) is 29.2 Å². The molecule has 1 N–H and O–H groups in total.